The van der Waals surface area contributed by atoms with Crippen LogP contribution in [0.2, 0.25) is 0 Å². The minimum absolute atomic E-state index is 0.244. The number of aliphatic hydroxyl groups is 1. The van der Waals surface area contributed by atoms with Gasteiger partial charge in [-0.1, -0.05) is 18.2 Å². The second-order valence-electron chi connectivity index (χ2n) is 5.40. The number of aromatic nitrogens is 1. The van der Waals surface area contributed by atoms with Crippen LogP contribution in [0.4, 0.5) is 9.52 Å². The molecule has 0 saturated heterocycles. The maximum absolute atomic E-state index is 13.6. The molecule has 2 N–H and O–H groups in total. The lowest BCUT2D eigenvalue weighted by Crippen LogP contribution is -2.33. The van der Waals surface area contributed by atoms with Gasteiger partial charge in [0.25, 0.3) is 0 Å². The molecule has 1 heterocycles. The summed E-state index contributed by atoms with van der Waals surface area (Å²) >= 11 is 1.30. The van der Waals surface area contributed by atoms with E-state index in [2.05, 4.69) is 10.3 Å². The van der Waals surface area contributed by atoms with Crippen molar-refractivity contribution in [2.45, 2.75) is 20.3 Å². The topological polar surface area (TPSA) is 62.2 Å². The van der Waals surface area contributed by atoms with E-state index >= 15 is 0 Å². The number of aliphatic hydroxyl groups excluding tert-OH is 1. The van der Waals surface area contributed by atoms with Crippen molar-refractivity contribution in [3.05, 3.63) is 46.7 Å². The molecule has 0 spiro atoms. The molecule has 2 aromatic rings. The van der Waals surface area contributed by atoms with Crippen LogP contribution >= 0.6 is 11.3 Å². The SMILES string of the molecule is CC(C)(CO)C(=O)Nc1ncc(Cc2ccccc2F)s1. The number of thiazole rings is 1. The highest BCUT2D eigenvalue weighted by atomic mass is 32.1. The molecule has 0 saturated carbocycles. The molecular weight excluding hydrogens is 291 g/mol. The molecule has 1 amide bonds. The molecule has 4 nitrogen and oxygen atoms in total. The zero-order valence-corrected chi connectivity index (χ0v) is 12.7. The number of benzene rings is 1. The number of nitrogens with one attached hydrogen (secondary N) is 1. The second kappa shape index (κ2) is 6.32. The highest BCUT2D eigenvalue weighted by Crippen LogP contribution is 2.24. The summed E-state index contributed by atoms with van der Waals surface area (Å²) in [5.41, 5.74) is -0.271. The summed E-state index contributed by atoms with van der Waals surface area (Å²) < 4.78 is 13.6. The fraction of sp³-hybridized carbons (Fsp3) is 0.333. The Kier molecular flexibility index (Phi) is 4.69. The van der Waals surface area contributed by atoms with Gasteiger partial charge in [-0.15, -0.1) is 11.3 Å². The van der Waals surface area contributed by atoms with Gasteiger partial charge in [0.2, 0.25) is 5.91 Å². The molecule has 1 aromatic heterocycles. The van der Waals surface area contributed by atoms with Gasteiger partial charge in [-0.3, -0.25) is 4.79 Å². The fourth-order valence-electron chi connectivity index (χ4n) is 1.61. The Morgan fingerprint density at radius 2 is 2.14 bits per heavy atom. The van der Waals surface area contributed by atoms with Gasteiger partial charge in [-0.25, -0.2) is 9.37 Å². The minimum atomic E-state index is -0.864. The van der Waals surface area contributed by atoms with Gasteiger partial charge in [-0.05, 0) is 25.5 Å². The summed E-state index contributed by atoms with van der Waals surface area (Å²) in [7, 11) is 0. The van der Waals surface area contributed by atoms with E-state index in [9.17, 15) is 9.18 Å². The van der Waals surface area contributed by atoms with E-state index in [4.69, 9.17) is 5.11 Å². The Morgan fingerprint density at radius 3 is 2.81 bits per heavy atom. The summed E-state index contributed by atoms with van der Waals surface area (Å²) in [5.74, 6) is -0.547. The second-order valence-corrected chi connectivity index (χ2v) is 6.51. The van der Waals surface area contributed by atoms with Gasteiger partial charge in [0.1, 0.15) is 5.82 Å². The third-order valence-corrected chi connectivity index (χ3v) is 4.02. The normalized spacial score (nSPS) is 11.4. The highest BCUT2D eigenvalue weighted by molar-refractivity contribution is 7.15. The predicted molar refractivity (Wildman–Crippen MR) is 80.8 cm³/mol. The first-order valence-corrected chi connectivity index (χ1v) is 7.34. The highest BCUT2D eigenvalue weighted by Gasteiger charge is 2.27. The Morgan fingerprint density at radius 1 is 1.43 bits per heavy atom. The molecule has 0 bridgehead atoms. The summed E-state index contributed by atoms with van der Waals surface area (Å²) in [4.78, 5) is 16.9. The molecule has 21 heavy (non-hydrogen) atoms. The van der Waals surface area contributed by atoms with Gasteiger partial charge < -0.3 is 10.4 Å². The first-order chi connectivity index (χ1) is 9.92. The first kappa shape index (κ1) is 15.6. The van der Waals surface area contributed by atoms with Crippen molar-refractivity contribution in [2.75, 3.05) is 11.9 Å². The number of anilines is 1. The van der Waals surface area contributed by atoms with Crippen molar-refractivity contribution in [1.82, 2.24) is 4.98 Å². The molecule has 0 atom stereocenters. The van der Waals surface area contributed by atoms with E-state index in [1.165, 1.54) is 17.4 Å². The van der Waals surface area contributed by atoms with Crippen molar-refractivity contribution in [3.63, 3.8) is 0 Å². The summed E-state index contributed by atoms with van der Waals surface area (Å²) in [5, 5.41) is 12.3. The Labute approximate surface area is 126 Å². The van der Waals surface area contributed by atoms with E-state index in [1.54, 1.807) is 38.2 Å². The standard InChI is InChI=1S/C15H17FN2O2S/c1-15(2,9-19)13(20)18-14-17-8-11(21-14)7-10-5-3-4-6-12(10)16/h3-6,8,19H,7,9H2,1-2H3,(H,17,18,20). The Balaban J connectivity index is 2.06. The predicted octanol–water partition coefficient (Wildman–Crippen LogP) is 2.83. The van der Waals surface area contributed by atoms with Crippen molar-refractivity contribution in [3.8, 4) is 0 Å². The van der Waals surface area contributed by atoms with Crippen molar-refractivity contribution in [1.29, 1.82) is 0 Å². The average Bonchev–Trinajstić information content (AvgIpc) is 2.88. The first-order valence-electron chi connectivity index (χ1n) is 6.53. The molecule has 1 aromatic carbocycles. The molecule has 0 aliphatic carbocycles. The lowest BCUT2D eigenvalue weighted by Gasteiger charge is -2.19. The van der Waals surface area contributed by atoms with E-state index in [1.807, 2.05) is 0 Å². The lowest BCUT2D eigenvalue weighted by atomic mass is 9.94. The largest absolute Gasteiger partial charge is 0.395 e. The van der Waals surface area contributed by atoms with Crippen LogP contribution in [0.3, 0.4) is 0 Å². The molecule has 6 heteroatoms. The van der Waals surface area contributed by atoms with Crippen LogP contribution in [0.1, 0.15) is 24.3 Å². The number of hydrogen-bond acceptors (Lipinski definition) is 4. The van der Waals surface area contributed by atoms with Crippen LogP contribution in [0.15, 0.2) is 30.5 Å². The number of halogens is 1. The zero-order chi connectivity index (χ0) is 15.5. The van der Waals surface area contributed by atoms with Gasteiger partial charge in [0.15, 0.2) is 5.13 Å². The quantitative estimate of drug-likeness (QED) is 0.893. The number of rotatable bonds is 5. The van der Waals surface area contributed by atoms with Crippen LogP contribution in [0.25, 0.3) is 0 Å². The van der Waals surface area contributed by atoms with E-state index < -0.39 is 5.41 Å². The van der Waals surface area contributed by atoms with Crippen LogP contribution in [-0.2, 0) is 11.2 Å². The van der Waals surface area contributed by atoms with Crippen LogP contribution in [0.5, 0.6) is 0 Å². The van der Waals surface area contributed by atoms with Gasteiger partial charge in [-0.2, -0.15) is 0 Å². The van der Waals surface area contributed by atoms with Crippen molar-refractivity contribution < 1.29 is 14.3 Å². The molecule has 112 valence electrons. The average molecular weight is 308 g/mol. The molecule has 0 aliphatic heterocycles. The number of carbonyl (C=O) groups excluding carboxylic acids is 1. The van der Waals surface area contributed by atoms with E-state index in [0.29, 0.717) is 17.1 Å². The van der Waals surface area contributed by atoms with Crippen LogP contribution in [0, 0.1) is 11.2 Å². The molecular formula is C15H17FN2O2S. The minimum Gasteiger partial charge on any atom is -0.395 e. The van der Waals surface area contributed by atoms with Gasteiger partial charge in [0.05, 0.1) is 12.0 Å². The van der Waals surface area contributed by atoms with E-state index in [0.717, 1.165) is 4.88 Å². The molecule has 2 rings (SSSR count). The van der Waals surface area contributed by atoms with Crippen molar-refractivity contribution >= 4 is 22.4 Å². The molecule has 0 unspecified atom stereocenters. The van der Waals surface area contributed by atoms with Crippen LogP contribution in [-0.4, -0.2) is 22.6 Å². The molecule has 0 radical (unpaired) electrons. The maximum atomic E-state index is 13.6. The summed E-state index contributed by atoms with van der Waals surface area (Å²) in [6.07, 6.45) is 2.06. The van der Waals surface area contributed by atoms with Crippen LogP contribution < -0.4 is 5.32 Å². The summed E-state index contributed by atoms with van der Waals surface area (Å²) in [6, 6.07) is 6.57. The monoisotopic (exact) mass is 308 g/mol. The fourth-order valence-corrected chi connectivity index (χ4v) is 2.45. The molecule has 0 fully saturated rings. The Bertz CT molecular complexity index is 640. The number of nitrogens with zero attached hydrogens (tertiary/aromatic N) is 1. The number of hydrogen-bond donors (Lipinski definition) is 2. The number of amides is 1. The summed E-state index contributed by atoms with van der Waals surface area (Å²) in [6.45, 7) is 3.05. The third-order valence-electron chi connectivity index (χ3n) is 3.11. The number of carbonyl (C=O) groups is 1. The van der Waals surface area contributed by atoms with Crippen molar-refractivity contribution in [2.24, 2.45) is 5.41 Å². The lowest BCUT2D eigenvalue weighted by molar-refractivity contribution is -0.125. The Hall–Kier alpha value is -1.79. The molecule has 0 aliphatic rings. The smallest absolute Gasteiger partial charge is 0.234 e. The van der Waals surface area contributed by atoms with E-state index in [-0.39, 0.29) is 18.3 Å². The third kappa shape index (κ3) is 3.86. The van der Waals surface area contributed by atoms with Gasteiger partial charge in [0, 0.05) is 17.5 Å². The maximum Gasteiger partial charge on any atom is 0.234 e. The zero-order valence-electron chi connectivity index (χ0n) is 11.9. The van der Waals surface area contributed by atoms with Gasteiger partial charge >= 0.3 is 0 Å².